The van der Waals surface area contributed by atoms with Crippen molar-refractivity contribution in [2.45, 2.75) is 20.0 Å². The number of halogens is 1. The number of ether oxygens (including phenoxy) is 1. The Hall–Kier alpha value is -4.03. The molecule has 0 spiro atoms. The lowest BCUT2D eigenvalue weighted by atomic mass is 10.2. The molecule has 9 heteroatoms. The zero-order valence-electron chi connectivity index (χ0n) is 17.1. The number of nitrogens with one attached hydrogen (secondary N) is 1. The normalized spacial score (nSPS) is 11.7. The Labute approximate surface area is 186 Å². The van der Waals surface area contributed by atoms with Crippen molar-refractivity contribution in [3.8, 4) is 11.8 Å². The number of aromatic nitrogens is 2. The number of esters is 1. The molecular weight excluding hydrogens is 431 g/mol. The summed E-state index contributed by atoms with van der Waals surface area (Å²) in [4.78, 5) is 26.2. The minimum atomic E-state index is -1.07. The number of para-hydroxylation sites is 1. The number of benzene rings is 2. The third-order valence-electron chi connectivity index (χ3n) is 4.78. The van der Waals surface area contributed by atoms with E-state index in [9.17, 15) is 14.0 Å². The van der Waals surface area contributed by atoms with E-state index >= 15 is 0 Å². The lowest BCUT2D eigenvalue weighted by Crippen LogP contribution is -2.30. The summed E-state index contributed by atoms with van der Waals surface area (Å²) in [6, 6.07) is 16.1. The second-order valence-electron chi connectivity index (χ2n) is 7.00. The average molecular weight is 448 g/mol. The number of hydrogen-bond acceptors (Lipinski definition) is 6. The number of hydrogen-bond donors (Lipinski definition) is 1. The van der Waals surface area contributed by atoms with Gasteiger partial charge in [0.1, 0.15) is 21.6 Å². The highest BCUT2D eigenvalue weighted by atomic mass is 32.1. The minimum absolute atomic E-state index is 0.310. The molecular formula is C23H17FN4O3S. The molecule has 1 atom stereocenters. The summed E-state index contributed by atoms with van der Waals surface area (Å²) in [6.07, 6.45) is -1.07. The van der Waals surface area contributed by atoms with Crippen molar-refractivity contribution < 1.29 is 18.7 Å². The first-order chi connectivity index (χ1) is 15.4. The molecule has 32 heavy (non-hydrogen) atoms. The maximum Gasteiger partial charge on any atom is 0.349 e. The highest BCUT2D eigenvalue weighted by Crippen LogP contribution is 2.31. The number of thiophene rings is 1. The van der Waals surface area contributed by atoms with E-state index in [0.29, 0.717) is 32.3 Å². The van der Waals surface area contributed by atoms with E-state index in [2.05, 4.69) is 10.4 Å². The van der Waals surface area contributed by atoms with Crippen LogP contribution in [0.1, 0.15) is 27.9 Å². The number of rotatable bonds is 5. The van der Waals surface area contributed by atoms with Crippen molar-refractivity contribution in [1.82, 2.24) is 9.78 Å². The Balaban J connectivity index is 1.52. The Morgan fingerprint density at radius 2 is 1.94 bits per heavy atom. The number of fused-ring (bicyclic) bond motifs is 1. The van der Waals surface area contributed by atoms with Gasteiger partial charge in [0, 0.05) is 5.39 Å². The van der Waals surface area contributed by atoms with Gasteiger partial charge in [-0.1, -0.05) is 12.1 Å². The van der Waals surface area contributed by atoms with E-state index < -0.39 is 18.0 Å². The number of carbonyl (C=O) groups excluding carboxylic acids is 2. The second-order valence-corrected chi connectivity index (χ2v) is 8.03. The fourth-order valence-electron chi connectivity index (χ4n) is 3.10. The zero-order valence-corrected chi connectivity index (χ0v) is 17.9. The molecule has 2 heterocycles. The highest BCUT2D eigenvalue weighted by molar-refractivity contribution is 7.20. The molecule has 0 fully saturated rings. The number of amides is 1. The van der Waals surface area contributed by atoms with Gasteiger partial charge in [-0.3, -0.25) is 4.79 Å². The molecule has 0 aliphatic carbocycles. The highest BCUT2D eigenvalue weighted by Gasteiger charge is 2.23. The molecule has 160 valence electrons. The van der Waals surface area contributed by atoms with E-state index in [0.717, 1.165) is 5.39 Å². The lowest BCUT2D eigenvalue weighted by molar-refractivity contribution is -0.123. The van der Waals surface area contributed by atoms with Gasteiger partial charge < -0.3 is 10.1 Å². The quantitative estimate of drug-likeness (QED) is 0.451. The van der Waals surface area contributed by atoms with Crippen molar-refractivity contribution in [2.75, 3.05) is 5.32 Å². The zero-order chi connectivity index (χ0) is 22.8. The maximum absolute atomic E-state index is 13.3. The molecule has 0 aliphatic heterocycles. The number of nitrogens with zero attached hydrogens (tertiary/aromatic N) is 3. The molecule has 4 aromatic rings. The summed E-state index contributed by atoms with van der Waals surface area (Å²) in [6.45, 7) is 3.27. The molecule has 1 N–H and O–H groups in total. The van der Waals surface area contributed by atoms with Crippen LogP contribution in [0.15, 0.2) is 54.6 Å². The lowest BCUT2D eigenvalue weighted by Gasteiger charge is -2.13. The minimum Gasteiger partial charge on any atom is -0.448 e. The summed E-state index contributed by atoms with van der Waals surface area (Å²) < 4.78 is 20.2. The number of aryl methyl sites for hydroxylation is 1. The van der Waals surface area contributed by atoms with Crippen molar-refractivity contribution in [2.24, 2.45) is 0 Å². The summed E-state index contributed by atoms with van der Waals surface area (Å²) in [5.41, 5.74) is 2.03. The van der Waals surface area contributed by atoms with Gasteiger partial charge in [-0.15, -0.1) is 11.3 Å². The Morgan fingerprint density at radius 3 is 2.66 bits per heavy atom. The van der Waals surface area contributed by atoms with Crippen LogP contribution in [0.4, 0.5) is 10.1 Å². The molecule has 0 aliphatic rings. The van der Waals surface area contributed by atoms with E-state index in [1.165, 1.54) is 30.4 Å². The summed E-state index contributed by atoms with van der Waals surface area (Å²) in [5, 5.41) is 17.0. The molecule has 2 aromatic carbocycles. The van der Waals surface area contributed by atoms with E-state index in [-0.39, 0.29) is 5.82 Å². The van der Waals surface area contributed by atoms with Crippen LogP contribution in [0.3, 0.4) is 0 Å². The maximum atomic E-state index is 13.3. The Morgan fingerprint density at radius 1 is 1.22 bits per heavy atom. The third kappa shape index (κ3) is 4.08. The summed E-state index contributed by atoms with van der Waals surface area (Å²) in [5.74, 6) is -1.54. The summed E-state index contributed by atoms with van der Waals surface area (Å²) in [7, 11) is 0. The van der Waals surface area contributed by atoms with Crippen molar-refractivity contribution >= 4 is 39.1 Å². The van der Waals surface area contributed by atoms with E-state index in [4.69, 9.17) is 10.00 Å². The molecule has 0 saturated carbocycles. The van der Waals surface area contributed by atoms with Gasteiger partial charge >= 0.3 is 5.97 Å². The molecule has 1 amide bonds. The molecule has 4 rings (SSSR count). The van der Waals surface area contributed by atoms with Gasteiger partial charge in [-0.25, -0.2) is 13.9 Å². The Kier molecular flexibility index (Phi) is 5.71. The van der Waals surface area contributed by atoms with Gasteiger partial charge in [0.05, 0.1) is 22.6 Å². The van der Waals surface area contributed by atoms with Gasteiger partial charge in [0.25, 0.3) is 5.91 Å². The fourth-order valence-corrected chi connectivity index (χ4v) is 4.17. The van der Waals surface area contributed by atoms with Crippen LogP contribution < -0.4 is 5.32 Å². The van der Waals surface area contributed by atoms with Gasteiger partial charge in [0.2, 0.25) is 0 Å². The predicted octanol–water partition coefficient (Wildman–Crippen LogP) is 4.59. The molecule has 2 aromatic heterocycles. The molecule has 0 unspecified atom stereocenters. The van der Waals surface area contributed by atoms with Crippen molar-refractivity contribution in [3.05, 3.63) is 76.5 Å². The van der Waals surface area contributed by atoms with Crippen LogP contribution >= 0.6 is 11.3 Å². The fraction of sp³-hybridized carbons (Fsp3) is 0.130. The van der Waals surface area contributed by atoms with Crippen LogP contribution in [0.25, 0.3) is 15.9 Å². The smallest absolute Gasteiger partial charge is 0.349 e. The molecule has 0 saturated heterocycles. The SMILES string of the molecule is Cc1nn(-c2ccc(F)cc2)c2sc(C(=O)O[C@@H](C)C(=O)Nc3ccccc3C#N)cc12. The van der Waals surface area contributed by atoms with E-state index in [1.807, 2.05) is 13.0 Å². The van der Waals surface area contributed by atoms with Crippen LogP contribution in [0, 0.1) is 24.1 Å². The van der Waals surface area contributed by atoms with Gasteiger partial charge in [0.15, 0.2) is 6.10 Å². The molecule has 0 bridgehead atoms. The standard InChI is InChI=1S/C23H17FN4O3S/c1-13-18-11-20(32-22(18)28(27-13)17-9-7-16(24)8-10-17)23(30)31-14(2)21(29)26-19-6-4-3-5-15(19)12-25/h3-11,14H,1-2H3,(H,26,29)/t14-/m0/s1. The number of anilines is 1. The van der Waals surface area contributed by atoms with Crippen molar-refractivity contribution in [3.63, 3.8) is 0 Å². The third-order valence-corrected chi connectivity index (χ3v) is 5.87. The molecule has 0 radical (unpaired) electrons. The van der Waals surface area contributed by atoms with Crippen LogP contribution in [-0.2, 0) is 9.53 Å². The first kappa shape index (κ1) is 21.2. The Bertz CT molecular complexity index is 1370. The topological polar surface area (TPSA) is 97.0 Å². The second kappa shape index (κ2) is 8.61. The first-order valence-electron chi connectivity index (χ1n) is 9.63. The van der Waals surface area contributed by atoms with E-state index in [1.54, 1.807) is 47.1 Å². The largest absolute Gasteiger partial charge is 0.448 e. The average Bonchev–Trinajstić information content (AvgIpc) is 3.35. The van der Waals surface area contributed by atoms with Gasteiger partial charge in [-0.2, -0.15) is 10.4 Å². The monoisotopic (exact) mass is 448 g/mol. The predicted molar refractivity (Wildman–Crippen MR) is 118 cm³/mol. The number of nitriles is 1. The first-order valence-corrected chi connectivity index (χ1v) is 10.4. The number of carbonyl (C=O) groups is 2. The van der Waals surface area contributed by atoms with Crippen LogP contribution in [-0.4, -0.2) is 27.8 Å². The van der Waals surface area contributed by atoms with Crippen LogP contribution in [0.2, 0.25) is 0 Å². The van der Waals surface area contributed by atoms with Gasteiger partial charge in [-0.05, 0) is 56.3 Å². The van der Waals surface area contributed by atoms with Crippen LogP contribution in [0.5, 0.6) is 0 Å². The van der Waals surface area contributed by atoms with Crippen molar-refractivity contribution in [1.29, 1.82) is 5.26 Å². The molecule has 7 nitrogen and oxygen atoms in total. The summed E-state index contributed by atoms with van der Waals surface area (Å²) >= 11 is 1.17.